The third kappa shape index (κ3) is 4.69. The fourth-order valence-electron chi connectivity index (χ4n) is 1.94. The number of aromatic nitrogens is 2. The molecule has 3 N–H and O–H groups in total. The van der Waals surface area contributed by atoms with Gasteiger partial charge in [-0.15, -0.1) is 0 Å². The van der Waals surface area contributed by atoms with E-state index in [-0.39, 0.29) is 0 Å². The molecule has 96 valence electrons. The minimum absolute atomic E-state index is 0.631. The topological polar surface area (TPSA) is 63.8 Å². The molecule has 1 aromatic heterocycles. The summed E-state index contributed by atoms with van der Waals surface area (Å²) in [5.74, 6) is 1.54. The van der Waals surface area contributed by atoms with E-state index in [9.17, 15) is 0 Å². The molecule has 0 aliphatic rings. The van der Waals surface area contributed by atoms with Crippen molar-refractivity contribution < 1.29 is 0 Å². The second-order valence-corrected chi connectivity index (χ2v) is 4.56. The van der Waals surface area contributed by atoms with Gasteiger partial charge < -0.3 is 11.1 Å². The van der Waals surface area contributed by atoms with E-state index < -0.39 is 0 Å². The largest absolute Gasteiger partial charge is 0.368 e. The van der Waals surface area contributed by atoms with Crippen LogP contribution in [-0.2, 0) is 0 Å². The molecule has 1 heterocycles. The van der Waals surface area contributed by atoms with Gasteiger partial charge in [0.1, 0.15) is 5.82 Å². The molecule has 0 amide bonds. The number of hydrogen-bond donors (Lipinski definition) is 2. The van der Waals surface area contributed by atoms with Gasteiger partial charge in [-0.2, -0.15) is 0 Å². The molecule has 0 bridgehead atoms. The standard InChI is InChI=1S/C13H24N4/c1-4-5-12(6-7-14)9-16-13-11(3)15-8-10(2)17-13/h8,12H,4-7,9,14H2,1-3H3,(H,16,17). The van der Waals surface area contributed by atoms with Gasteiger partial charge in [-0.25, -0.2) is 4.98 Å². The summed E-state index contributed by atoms with van der Waals surface area (Å²) in [5, 5.41) is 3.39. The van der Waals surface area contributed by atoms with Crippen LogP contribution < -0.4 is 11.1 Å². The first-order valence-electron chi connectivity index (χ1n) is 6.41. The lowest BCUT2D eigenvalue weighted by Gasteiger charge is -2.17. The second kappa shape index (κ2) is 7.22. The molecule has 1 atom stereocenters. The number of anilines is 1. The summed E-state index contributed by atoms with van der Waals surface area (Å²) >= 11 is 0. The average molecular weight is 236 g/mol. The van der Waals surface area contributed by atoms with Gasteiger partial charge in [-0.1, -0.05) is 13.3 Å². The van der Waals surface area contributed by atoms with Crippen molar-refractivity contribution in [1.29, 1.82) is 0 Å². The molecule has 0 aliphatic carbocycles. The monoisotopic (exact) mass is 236 g/mol. The molecular formula is C13H24N4. The Morgan fingerprint density at radius 3 is 2.76 bits per heavy atom. The van der Waals surface area contributed by atoms with Gasteiger partial charge >= 0.3 is 0 Å². The van der Waals surface area contributed by atoms with Crippen molar-refractivity contribution in [3.8, 4) is 0 Å². The Hall–Kier alpha value is -1.16. The van der Waals surface area contributed by atoms with E-state index in [1.807, 2.05) is 13.8 Å². The zero-order valence-electron chi connectivity index (χ0n) is 11.2. The third-order valence-corrected chi connectivity index (χ3v) is 2.91. The molecule has 0 fully saturated rings. The maximum Gasteiger partial charge on any atom is 0.147 e. The Balaban J connectivity index is 2.55. The lowest BCUT2D eigenvalue weighted by molar-refractivity contribution is 0.472. The first kappa shape index (κ1) is 13.9. The van der Waals surface area contributed by atoms with Crippen molar-refractivity contribution in [3.63, 3.8) is 0 Å². The third-order valence-electron chi connectivity index (χ3n) is 2.91. The summed E-state index contributed by atoms with van der Waals surface area (Å²) in [7, 11) is 0. The maximum atomic E-state index is 5.63. The van der Waals surface area contributed by atoms with Crippen molar-refractivity contribution in [1.82, 2.24) is 9.97 Å². The van der Waals surface area contributed by atoms with E-state index in [4.69, 9.17) is 5.73 Å². The number of nitrogens with one attached hydrogen (secondary N) is 1. The summed E-state index contributed by atoms with van der Waals surface area (Å²) in [4.78, 5) is 8.76. The van der Waals surface area contributed by atoms with Crippen LogP contribution in [0.4, 0.5) is 5.82 Å². The van der Waals surface area contributed by atoms with Crippen molar-refractivity contribution in [2.24, 2.45) is 11.7 Å². The Morgan fingerprint density at radius 1 is 1.35 bits per heavy atom. The Labute approximate surface area is 104 Å². The molecule has 4 heteroatoms. The van der Waals surface area contributed by atoms with E-state index in [2.05, 4.69) is 22.2 Å². The van der Waals surface area contributed by atoms with Crippen LogP contribution in [0.25, 0.3) is 0 Å². The summed E-state index contributed by atoms with van der Waals surface area (Å²) in [6.45, 7) is 7.84. The van der Waals surface area contributed by atoms with Crippen molar-refractivity contribution >= 4 is 5.82 Å². The summed E-state index contributed by atoms with van der Waals surface area (Å²) < 4.78 is 0. The van der Waals surface area contributed by atoms with Crippen molar-refractivity contribution in [3.05, 3.63) is 17.6 Å². The van der Waals surface area contributed by atoms with Gasteiger partial charge in [0, 0.05) is 12.7 Å². The highest BCUT2D eigenvalue weighted by Crippen LogP contribution is 2.14. The number of rotatable bonds is 7. The van der Waals surface area contributed by atoms with Crippen molar-refractivity contribution in [2.45, 2.75) is 40.0 Å². The molecule has 0 radical (unpaired) electrons. The molecule has 1 aromatic rings. The quantitative estimate of drug-likeness (QED) is 0.762. The van der Waals surface area contributed by atoms with Crippen LogP contribution >= 0.6 is 0 Å². The fourth-order valence-corrected chi connectivity index (χ4v) is 1.94. The highest BCUT2D eigenvalue weighted by molar-refractivity contribution is 5.39. The lowest BCUT2D eigenvalue weighted by atomic mass is 10.00. The number of aryl methyl sites for hydroxylation is 2. The van der Waals surface area contributed by atoms with Gasteiger partial charge in [0.15, 0.2) is 0 Å². The molecular weight excluding hydrogens is 212 g/mol. The van der Waals surface area contributed by atoms with E-state index in [1.165, 1.54) is 12.8 Å². The molecule has 1 unspecified atom stereocenters. The fraction of sp³-hybridized carbons (Fsp3) is 0.692. The van der Waals surface area contributed by atoms with E-state index >= 15 is 0 Å². The Kier molecular flexibility index (Phi) is 5.91. The minimum Gasteiger partial charge on any atom is -0.368 e. The second-order valence-electron chi connectivity index (χ2n) is 4.56. The zero-order chi connectivity index (χ0) is 12.7. The van der Waals surface area contributed by atoms with Crippen LogP contribution in [0.5, 0.6) is 0 Å². The smallest absolute Gasteiger partial charge is 0.147 e. The number of hydrogen-bond acceptors (Lipinski definition) is 4. The van der Waals surface area contributed by atoms with Crippen LogP contribution in [0, 0.1) is 19.8 Å². The van der Waals surface area contributed by atoms with Gasteiger partial charge in [-0.3, -0.25) is 4.98 Å². The summed E-state index contributed by atoms with van der Waals surface area (Å²) in [6.07, 6.45) is 5.27. The first-order chi connectivity index (χ1) is 8.17. The molecule has 0 saturated heterocycles. The van der Waals surface area contributed by atoms with Crippen LogP contribution in [0.15, 0.2) is 6.20 Å². The van der Waals surface area contributed by atoms with Crippen LogP contribution in [0.2, 0.25) is 0 Å². The van der Waals surface area contributed by atoms with Crippen LogP contribution in [-0.4, -0.2) is 23.1 Å². The molecule has 4 nitrogen and oxygen atoms in total. The highest BCUT2D eigenvalue weighted by atomic mass is 15.0. The first-order valence-corrected chi connectivity index (χ1v) is 6.41. The molecule has 0 aromatic carbocycles. The molecule has 0 saturated carbocycles. The van der Waals surface area contributed by atoms with Crippen LogP contribution in [0.3, 0.4) is 0 Å². The predicted molar refractivity (Wildman–Crippen MR) is 72.1 cm³/mol. The lowest BCUT2D eigenvalue weighted by Crippen LogP contribution is -2.19. The highest BCUT2D eigenvalue weighted by Gasteiger charge is 2.08. The van der Waals surface area contributed by atoms with E-state index in [1.54, 1.807) is 6.20 Å². The van der Waals surface area contributed by atoms with Gasteiger partial charge in [0.25, 0.3) is 0 Å². The SMILES string of the molecule is CCCC(CCN)CNc1nc(C)cnc1C. The normalized spacial score (nSPS) is 12.5. The number of nitrogens with two attached hydrogens (primary N) is 1. The van der Waals surface area contributed by atoms with Gasteiger partial charge in [-0.05, 0) is 39.2 Å². The average Bonchev–Trinajstić information content (AvgIpc) is 2.30. The predicted octanol–water partition coefficient (Wildman–Crippen LogP) is 2.27. The molecule has 0 spiro atoms. The number of nitrogens with zero attached hydrogens (tertiary/aromatic N) is 2. The zero-order valence-corrected chi connectivity index (χ0v) is 11.2. The summed E-state index contributed by atoms with van der Waals surface area (Å²) in [6, 6.07) is 0. The van der Waals surface area contributed by atoms with Crippen LogP contribution in [0.1, 0.15) is 37.6 Å². The molecule has 1 rings (SSSR count). The Bertz CT molecular complexity index is 332. The minimum atomic E-state index is 0.631. The van der Waals surface area contributed by atoms with Crippen molar-refractivity contribution in [2.75, 3.05) is 18.4 Å². The van der Waals surface area contributed by atoms with Gasteiger partial charge in [0.2, 0.25) is 0 Å². The van der Waals surface area contributed by atoms with Gasteiger partial charge in [0.05, 0.1) is 11.4 Å². The maximum absolute atomic E-state index is 5.63. The molecule has 17 heavy (non-hydrogen) atoms. The molecule has 0 aliphatic heterocycles. The van der Waals surface area contributed by atoms with E-state index in [0.717, 1.165) is 36.7 Å². The summed E-state index contributed by atoms with van der Waals surface area (Å²) in [5.41, 5.74) is 7.53. The Morgan fingerprint density at radius 2 is 2.12 bits per heavy atom. The van der Waals surface area contributed by atoms with E-state index in [0.29, 0.717) is 5.92 Å².